The van der Waals surface area contributed by atoms with Crippen LogP contribution in [-0.2, 0) is 17.1 Å². The van der Waals surface area contributed by atoms with Gasteiger partial charge in [-0.3, -0.25) is 9.59 Å². The van der Waals surface area contributed by atoms with Gasteiger partial charge in [0.15, 0.2) is 0 Å². The Morgan fingerprint density at radius 3 is 2.31 bits per heavy atom. The zero-order valence-corrected chi connectivity index (χ0v) is 17.5. The van der Waals surface area contributed by atoms with E-state index in [1.165, 1.54) is 36.9 Å². The number of pyridine rings is 1. The van der Waals surface area contributed by atoms with Gasteiger partial charge >= 0.3 is 0 Å². The normalized spacial score (nSPS) is 12.9. The molecule has 0 fully saturated rings. The van der Waals surface area contributed by atoms with Crippen LogP contribution in [0.15, 0.2) is 64.3 Å². The minimum Gasteiger partial charge on any atom is -0.345 e. The number of nitrogens with one attached hydrogen (secondary N) is 1. The number of benzene rings is 2. The number of amides is 1. The SMILES string of the molecule is CC(NC(=O)c1cc(=O)n(C)c2ccccc12)c1ccc(S(=O)(=O)N(C)C)cc1. The summed E-state index contributed by atoms with van der Waals surface area (Å²) in [5.41, 5.74) is 1.47. The van der Waals surface area contributed by atoms with Gasteiger partial charge in [-0.2, -0.15) is 0 Å². The second-order valence-corrected chi connectivity index (χ2v) is 9.18. The first kappa shape index (κ1) is 20.8. The van der Waals surface area contributed by atoms with Crippen LogP contribution < -0.4 is 10.9 Å². The number of nitrogens with zero attached hydrogens (tertiary/aromatic N) is 2. The monoisotopic (exact) mass is 413 g/mol. The van der Waals surface area contributed by atoms with E-state index >= 15 is 0 Å². The fourth-order valence-corrected chi connectivity index (χ4v) is 4.00. The van der Waals surface area contributed by atoms with Gasteiger partial charge in [0, 0.05) is 32.6 Å². The van der Waals surface area contributed by atoms with Crippen molar-refractivity contribution in [3.05, 3.63) is 76.1 Å². The van der Waals surface area contributed by atoms with E-state index in [0.29, 0.717) is 16.5 Å². The summed E-state index contributed by atoms with van der Waals surface area (Å²) in [6.45, 7) is 1.80. The number of hydrogen-bond acceptors (Lipinski definition) is 4. The zero-order valence-electron chi connectivity index (χ0n) is 16.7. The van der Waals surface area contributed by atoms with Crippen LogP contribution in [0.5, 0.6) is 0 Å². The van der Waals surface area contributed by atoms with Gasteiger partial charge in [0.2, 0.25) is 10.0 Å². The predicted octanol–water partition coefficient (Wildman–Crippen LogP) is 2.28. The molecule has 1 aromatic heterocycles. The summed E-state index contributed by atoms with van der Waals surface area (Å²) in [6, 6.07) is 14.6. The first-order valence-electron chi connectivity index (χ1n) is 9.05. The lowest BCUT2D eigenvalue weighted by atomic mass is 10.1. The molecule has 0 radical (unpaired) electrons. The highest BCUT2D eigenvalue weighted by molar-refractivity contribution is 7.89. The summed E-state index contributed by atoms with van der Waals surface area (Å²) < 4.78 is 27.0. The highest BCUT2D eigenvalue weighted by Crippen LogP contribution is 2.20. The second kappa shape index (κ2) is 7.81. The Labute approximate surface area is 169 Å². The van der Waals surface area contributed by atoms with E-state index < -0.39 is 10.0 Å². The molecule has 1 unspecified atom stereocenters. The molecule has 1 amide bonds. The van der Waals surface area contributed by atoms with Crippen molar-refractivity contribution in [3.8, 4) is 0 Å². The molecule has 0 aliphatic rings. The Balaban J connectivity index is 1.88. The van der Waals surface area contributed by atoms with Crippen molar-refractivity contribution < 1.29 is 13.2 Å². The van der Waals surface area contributed by atoms with E-state index in [9.17, 15) is 18.0 Å². The Hall–Kier alpha value is -2.97. The van der Waals surface area contributed by atoms with Crippen molar-refractivity contribution in [2.24, 2.45) is 7.05 Å². The lowest BCUT2D eigenvalue weighted by Gasteiger charge is -2.17. The van der Waals surface area contributed by atoms with Crippen LogP contribution in [0.3, 0.4) is 0 Å². The van der Waals surface area contributed by atoms with Crippen molar-refractivity contribution in [2.75, 3.05) is 14.1 Å². The molecule has 0 bridgehead atoms. The maximum atomic E-state index is 12.9. The first-order valence-corrected chi connectivity index (χ1v) is 10.5. The van der Waals surface area contributed by atoms with Gasteiger partial charge in [0.25, 0.3) is 11.5 Å². The zero-order chi connectivity index (χ0) is 21.3. The third kappa shape index (κ3) is 3.94. The fourth-order valence-electron chi connectivity index (χ4n) is 3.10. The van der Waals surface area contributed by atoms with Crippen LogP contribution in [0.2, 0.25) is 0 Å². The number of aromatic nitrogens is 1. The predicted molar refractivity (Wildman–Crippen MR) is 112 cm³/mol. The molecule has 0 saturated carbocycles. The molecule has 29 heavy (non-hydrogen) atoms. The number of carbonyl (C=O) groups excluding carboxylic acids is 1. The maximum Gasteiger partial charge on any atom is 0.252 e. The van der Waals surface area contributed by atoms with Crippen molar-refractivity contribution in [3.63, 3.8) is 0 Å². The van der Waals surface area contributed by atoms with E-state index in [1.54, 1.807) is 38.2 Å². The van der Waals surface area contributed by atoms with Gasteiger partial charge in [0.05, 0.1) is 22.0 Å². The number of carbonyl (C=O) groups is 1. The molecule has 0 spiro atoms. The number of sulfonamides is 1. The van der Waals surface area contributed by atoms with E-state index in [2.05, 4.69) is 5.32 Å². The molecule has 0 aliphatic carbocycles. The topological polar surface area (TPSA) is 88.5 Å². The van der Waals surface area contributed by atoms with Crippen molar-refractivity contribution in [2.45, 2.75) is 17.9 Å². The van der Waals surface area contributed by atoms with Gasteiger partial charge in [-0.15, -0.1) is 0 Å². The van der Waals surface area contributed by atoms with Crippen LogP contribution in [0.4, 0.5) is 0 Å². The van der Waals surface area contributed by atoms with Gasteiger partial charge in [-0.1, -0.05) is 30.3 Å². The standard InChI is InChI=1S/C21H23N3O4S/c1-14(15-9-11-16(12-10-15)29(27,28)23(2)3)22-21(26)18-13-20(25)24(4)19-8-6-5-7-17(18)19/h5-14H,1-4H3,(H,22,26). The molecule has 0 aliphatic heterocycles. The number of aryl methyl sites for hydroxylation is 1. The summed E-state index contributed by atoms with van der Waals surface area (Å²) >= 11 is 0. The summed E-state index contributed by atoms with van der Waals surface area (Å²) in [4.78, 5) is 25.3. The summed E-state index contributed by atoms with van der Waals surface area (Å²) in [7, 11) is 1.10. The van der Waals surface area contributed by atoms with Crippen LogP contribution in [0, 0.1) is 0 Å². The molecule has 0 saturated heterocycles. The number of fused-ring (bicyclic) bond motifs is 1. The Morgan fingerprint density at radius 1 is 1.07 bits per heavy atom. The highest BCUT2D eigenvalue weighted by Gasteiger charge is 2.19. The molecule has 1 N–H and O–H groups in total. The fraction of sp³-hybridized carbons (Fsp3) is 0.238. The van der Waals surface area contributed by atoms with Crippen molar-refractivity contribution in [1.29, 1.82) is 0 Å². The Morgan fingerprint density at radius 2 is 1.69 bits per heavy atom. The van der Waals surface area contributed by atoms with Crippen LogP contribution in [0.1, 0.15) is 28.9 Å². The highest BCUT2D eigenvalue weighted by atomic mass is 32.2. The Kier molecular flexibility index (Phi) is 5.59. The summed E-state index contributed by atoms with van der Waals surface area (Å²) in [5.74, 6) is -0.364. The smallest absolute Gasteiger partial charge is 0.252 e. The van der Waals surface area contributed by atoms with Crippen LogP contribution in [0.25, 0.3) is 10.9 Å². The molecule has 2 aromatic carbocycles. The molecule has 1 atom stereocenters. The van der Waals surface area contributed by atoms with E-state index in [4.69, 9.17) is 0 Å². The van der Waals surface area contributed by atoms with E-state index in [0.717, 1.165) is 9.87 Å². The average Bonchev–Trinajstić information content (AvgIpc) is 2.70. The van der Waals surface area contributed by atoms with Crippen LogP contribution >= 0.6 is 0 Å². The molecule has 3 aromatic rings. The van der Waals surface area contributed by atoms with E-state index in [1.807, 2.05) is 12.1 Å². The number of rotatable bonds is 5. The Bertz CT molecular complexity index is 1230. The van der Waals surface area contributed by atoms with Gasteiger partial charge < -0.3 is 9.88 Å². The lowest BCUT2D eigenvalue weighted by Crippen LogP contribution is -2.29. The molecule has 8 heteroatoms. The molecule has 1 heterocycles. The minimum atomic E-state index is -3.51. The molecular weight excluding hydrogens is 390 g/mol. The number of hydrogen-bond donors (Lipinski definition) is 1. The third-order valence-corrected chi connectivity index (χ3v) is 6.73. The first-order chi connectivity index (χ1) is 13.6. The molecule has 7 nitrogen and oxygen atoms in total. The minimum absolute atomic E-state index is 0.183. The molecule has 3 rings (SSSR count). The van der Waals surface area contributed by atoms with Crippen molar-refractivity contribution in [1.82, 2.24) is 14.2 Å². The van der Waals surface area contributed by atoms with Gasteiger partial charge in [-0.05, 0) is 30.7 Å². The largest absolute Gasteiger partial charge is 0.345 e. The van der Waals surface area contributed by atoms with Crippen LogP contribution in [-0.4, -0.2) is 37.3 Å². The summed E-state index contributed by atoms with van der Waals surface area (Å²) in [6.07, 6.45) is 0. The molecule has 152 valence electrons. The van der Waals surface area contributed by atoms with Gasteiger partial charge in [-0.25, -0.2) is 12.7 Å². The van der Waals surface area contributed by atoms with Crippen molar-refractivity contribution >= 4 is 26.8 Å². The number of para-hydroxylation sites is 1. The lowest BCUT2D eigenvalue weighted by molar-refractivity contribution is 0.0941. The molecular formula is C21H23N3O4S. The summed E-state index contributed by atoms with van der Waals surface area (Å²) in [5, 5.41) is 3.57. The average molecular weight is 413 g/mol. The third-order valence-electron chi connectivity index (χ3n) is 4.90. The maximum absolute atomic E-state index is 12.9. The second-order valence-electron chi connectivity index (χ2n) is 7.02. The van der Waals surface area contributed by atoms with Gasteiger partial charge in [0.1, 0.15) is 0 Å². The quantitative estimate of drug-likeness (QED) is 0.695. The van der Waals surface area contributed by atoms with E-state index in [-0.39, 0.29) is 22.4 Å².